The Morgan fingerprint density at radius 2 is 1.75 bits per heavy atom. The highest BCUT2D eigenvalue weighted by molar-refractivity contribution is 6.19. The molecule has 0 atom stereocenters. The first kappa shape index (κ1) is 13.1. The van der Waals surface area contributed by atoms with Crippen LogP contribution in [0.1, 0.15) is 5.56 Å². The summed E-state index contributed by atoms with van der Waals surface area (Å²) < 4.78 is 0. The Balaban J connectivity index is 2.04. The molecule has 0 bridgehead atoms. The molecule has 0 aliphatic carbocycles. The first-order chi connectivity index (χ1) is 11.8. The molecule has 0 amide bonds. The van der Waals surface area contributed by atoms with Crippen molar-refractivity contribution in [3.05, 3.63) is 66.2 Å². The molecule has 0 N–H and O–H groups in total. The molecule has 0 saturated carbocycles. The van der Waals surface area contributed by atoms with E-state index in [4.69, 9.17) is 4.98 Å². The SMILES string of the molecule is CN1c2ccccc2-c2nc3ccc(C#N)cc3c3cccc1c23. The molecular weight excluding hydrogens is 294 g/mol. The molecule has 1 aliphatic heterocycles. The summed E-state index contributed by atoms with van der Waals surface area (Å²) in [6.07, 6.45) is 0. The molecule has 24 heavy (non-hydrogen) atoms. The van der Waals surface area contributed by atoms with Gasteiger partial charge in [-0.05, 0) is 35.7 Å². The van der Waals surface area contributed by atoms with Gasteiger partial charge < -0.3 is 4.90 Å². The second-order valence-electron chi connectivity index (χ2n) is 6.08. The van der Waals surface area contributed by atoms with Crippen LogP contribution in [0.25, 0.3) is 32.9 Å². The number of para-hydroxylation sites is 1. The first-order valence-electron chi connectivity index (χ1n) is 7.87. The van der Waals surface area contributed by atoms with Crippen LogP contribution in [0.3, 0.4) is 0 Å². The van der Waals surface area contributed by atoms with Crippen molar-refractivity contribution in [2.24, 2.45) is 0 Å². The minimum Gasteiger partial charge on any atom is -0.343 e. The van der Waals surface area contributed by atoms with Gasteiger partial charge in [-0.2, -0.15) is 5.26 Å². The predicted octanol–water partition coefficient (Wildman–Crippen LogP) is 5.01. The maximum Gasteiger partial charge on any atom is 0.0991 e. The second-order valence-corrected chi connectivity index (χ2v) is 6.08. The van der Waals surface area contributed by atoms with Crippen LogP contribution in [0.2, 0.25) is 0 Å². The van der Waals surface area contributed by atoms with Crippen molar-refractivity contribution in [2.45, 2.75) is 0 Å². The van der Waals surface area contributed by atoms with Crippen molar-refractivity contribution >= 4 is 33.1 Å². The summed E-state index contributed by atoms with van der Waals surface area (Å²) in [5.74, 6) is 0. The summed E-state index contributed by atoms with van der Waals surface area (Å²) in [6, 6.07) is 22.6. The number of anilines is 2. The molecule has 0 radical (unpaired) electrons. The average Bonchev–Trinajstić information content (AvgIpc) is 2.65. The lowest BCUT2D eigenvalue weighted by Crippen LogP contribution is -2.15. The smallest absolute Gasteiger partial charge is 0.0991 e. The van der Waals surface area contributed by atoms with E-state index >= 15 is 0 Å². The van der Waals surface area contributed by atoms with E-state index in [2.05, 4.69) is 60.5 Å². The predicted molar refractivity (Wildman–Crippen MR) is 97.5 cm³/mol. The average molecular weight is 307 g/mol. The van der Waals surface area contributed by atoms with Gasteiger partial charge in [-0.1, -0.05) is 30.3 Å². The van der Waals surface area contributed by atoms with E-state index in [0.29, 0.717) is 5.56 Å². The number of hydrogen-bond donors (Lipinski definition) is 0. The van der Waals surface area contributed by atoms with Crippen molar-refractivity contribution < 1.29 is 0 Å². The second kappa shape index (κ2) is 4.56. The Morgan fingerprint density at radius 3 is 2.62 bits per heavy atom. The number of pyridine rings is 1. The standard InChI is InChI=1S/C21H13N3/c1-24-18-7-3-2-5-15(18)21-20-14(6-4-8-19(20)24)16-11-13(12-22)9-10-17(16)23-21/h2-11H,1H3. The lowest BCUT2D eigenvalue weighted by Gasteiger charge is -2.30. The Bertz CT molecular complexity index is 1190. The summed E-state index contributed by atoms with van der Waals surface area (Å²) >= 11 is 0. The molecule has 2 heterocycles. The van der Waals surface area contributed by atoms with Gasteiger partial charge in [0.1, 0.15) is 0 Å². The monoisotopic (exact) mass is 307 g/mol. The fourth-order valence-electron chi connectivity index (χ4n) is 3.68. The van der Waals surface area contributed by atoms with Gasteiger partial charge in [0, 0.05) is 23.4 Å². The van der Waals surface area contributed by atoms with E-state index in [1.165, 1.54) is 0 Å². The lowest BCUT2D eigenvalue weighted by molar-refractivity contribution is 1.20. The van der Waals surface area contributed by atoms with Crippen LogP contribution in [-0.4, -0.2) is 12.0 Å². The van der Waals surface area contributed by atoms with E-state index in [9.17, 15) is 5.26 Å². The molecule has 3 heteroatoms. The van der Waals surface area contributed by atoms with Gasteiger partial charge in [-0.3, -0.25) is 0 Å². The highest BCUT2D eigenvalue weighted by atomic mass is 15.1. The molecule has 112 valence electrons. The fraction of sp³-hybridized carbons (Fsp3) is 0.0476. The van der Waals surface area contributed by atoms with E-state index in [0.717, 1.165) is 44.3 Å². The van der Waals surface area contributed by atoms with E-state index in [-0.39, 0.29) is 0 Å². The first-order valence-corrected chi connectivity index (χ1v) is 7.87. The maximum absolute atomic E-state index is 9.23. The third-order valence-electron chi connectivity index (χ3n) is 4.81. The van der Waals surface area contributed by atoms with Gasteiger partial charge in [0.15, 0.2) is 0 Å². The molecule has 0 fully saturated rings. The van der Waals surface area contributed by atoms with Crippen LogP contribution in [0, 0.1) is 11.3 Å². The van der Waals surface area contributed by atoms with Crippen LogP contribution in [0.4, 0.5) is 11.4 Å². The Labute approximate surface area is 139 Å². The zero-order chi connectivity index (χ0) is 16.3. The largest absolute Gasteiger partial charge is 0.343 e. The minimum atomic E-state index is 0.662. The van der Waals surface area contributed by atoms with Crippen molar-refractivity contribution in [1.82, 2.24) is 4.98 Å². The number of aromatic nitrogens is 1. The third kappa shape index (κ3) is 1.57. The Kier molecular flexibility index (Phi) is 2.49. The minimum absolute atomic E-state index is 0.662. The molecule has 0 spiro atoms. The number of nitriles is 1. The van der Waals surface area contributed by atoms with E-state index in [1.54, 1.807) is 0 Å². The van der Waals surface area contributed by atoms with Crippen LogP contribution in [-0.2, 0) is 0 Å². The molecule has 1 aromatic heterocycles. The zero-order valence-electron chi connectivity index (χ0n) is 13.1. The topological polar surface area (TPSA) is 39.9 Å². The molecule has 3 nitrogen and oxygen atoms in total. The molecule has 4 aromatic rings. The number of fused-ring (bicyclic) bond motifs is 4. The Morgan fingerprint density at radius 1 is 0.917 bits per heavy atom. The van der Waals surface area contributed by atoms with Crippen molar-refractivity contribution in [1.29, 1.82) is 5.26 Å². The van der Waals surface area contributed by atoms with Crippen molar-refractivity contribution in [3.63, 3.8) is 0 Å². The normalized spacial score (nSPS) is 12.2. The van der Waals surface area contributed by atoms with Gasteiger partial charge in [-0.15, -0.1) is 0 Å². The number of nitrogens with zero attached hydrogens (tertiary/aromatic N) is 3. The zero-order valence-corrected chi connectivity index (χ0v) is 13.1. The third-order valence-corrected chi connectivity index (χ3v) is 4.81. The molecule has 5 rings (SSSR count). The Hall–Kier alpha value is -3.38. The molecule has 0 saturated heterocycles. The number of rotatable bonds is 0. The molecule has 0 unspecified atom stereocenters. The molecule has 3 aromatic carbocycles. The highest BCUT2D eigenvalue weighted by Crippen LogP contribution is 2.47. The number of benzene rings is 3. The van der Waals surface area contributed by atoms with Gasteiger partial charge in [0.05, 0.1) is 34.2 Å². The van der Waals surface area contributed by atoms with Crippen molar-refractivity contribution in [3.8, 4) is 17.3 Å². The highest BCUT2D eigenvalue weighted by Gasteiger charge is 2.24. The number of hydrogen-bond acceptors (Lipinski definition) is 3. The summed E-state index contributed by atoms with van der Waals surface area (Å²) in [6.45, 7) is 0. The fourth-order valence-corrected chi connectivity index (χ4v) is 3.68. The summed E-state index contributed by atoms with van der Waals surface area (Å²) in [7, 11) is 2.09. The summed E-state index contributed by atoms with van der Waals surface area (Å²) in [5.41, 5.74) is 6.07. The van der Waals surface area contributed by atoms with Crippen LogP contribution >= 0.6 is 0 Å². The van der Waals surface area contributed by atoms with Gasteiger partial charge in [0.2, 0.25) is 0 Å². The summed E-state index contributed by atoms with van der Waals surface area (Å²) in [5, 5.41) is 12.6. The van der Waals surface area contributed by atoms with Gasteiger partial charge >= 0.3 is 0 Å². The summed E-state index contributed by atoms with van der Waals surface area (Å²) in [4.78, 5) is 7.16. The van der Waals surface area contributed by atoms with Crippen molar-refractivity contribution in [2.75, 3.05) is 11.9 Å². The maximum atomic E-state index is 9.23. The van der Waals surface area contributed by atoms with Gasteiger partial charge in [0.25, 0.3) is 0 Å². The molecular formula is C21H13N3. The quantitative estimate of drug-likeness (QED) is 0.429. The van der Waals surface area contributed by atoms with E-state index < -0.39 is 0 Å². The molecule has 1 aliphatic rings. The van der Waals surface area contributed by atoms with E-state index in [1.807, 2.05) is 18.2 Å². The van der Waals surface area contributed by atoms with Crippen LogP contribution in [0.15, 0.2) is 60.7 Å². The van der Waals surface area contributed by atoms with Crippen LogP contribution < -0.4 is 4.90 Å². The van der Waals surface area contributed by atoms with Crippen LogP contribution in [0.5, 0.6) is 0 Å². The van der Waals surface area contributed by atoms with Gasteiger partial charge in [-0.25, -0.2) is 4.98 Å². The lowest BCUT2D eigenvalue weighted by atomic mass is 9.93.